The molecule has 1 N–H and O–H groups in total. The summed E-state index contributed by atoms with van der Waals surface area (Å²) in [4.78, 5) is 27.0. The number of benzene rings is 2. The Balaban J connectivity index is 1.56. The highest BCUT2D eigenvalue weighted by Gasteiger charge is 2.28. The molecule has 4 rings (SSSR count). The predicted octanol–water partition coefficient (Wildman–Crippen LogP) is 4.24. The Labute approximate surface area is 175 Å². The fraction of sp³-hybridized carbons (Fsp3) is 0.150. The minimum Gasteiger partial charge on any atom is -0.331 e. The van der Waals surface area contributed by atoms with E-state index in [-0.39, 0.29) is 12.1 Å². The third kappa shape index (κ3) is 3.83. The van der Waals surface area contributed by atoms with E-state index >= 15 is 0 Å². The molecule has 0 unspecified atom stereocenters. The average Bonchev–Trinajstić information content (AvgIpc) is 3.13. The molecule has 2 aromatic carbocycles. The Morgan fingerprint density at radius 2 is 1.86 bits per heavy atom. The highest BCUT2D eigenvalue weighted by molar-refractivity contribution is 6.36. The Morgan fingerprint density at radius 3 is 2.62 bits per heavy atom. The number of hydrogen-bond donors (Lipinski definition) is 1. The molecule has 148 valence electrons. The van der Waals surface area contributed by atoms with Crippen LogP contribution in [0.25, 0.3) is 0 Å². The zero-order chi connectivity index (χ0) is 20.5. The smallest absolute Gasteiger partial charge is 0.259 e. The largest absolute Gasteiger partial charge is 0.331 e. The van der Waals surface area contributed by atoms with Gasteiger partial charge in [0.15, 0.2) is 0 Å². The molecule has 0 atom stereocenters. The highest BCUT2D eigenvalue weighted by atomic mass is 35.5. The topological polar surface area (TPSA) is 67.2 Å². The molecule has 0 saturated heterocycles. The van der Waals surface area contributed by atoms with Crippen molar-refractivity contribution in [1.82, 2.24) is 14.7 Å². The summed E-state index contributed by atoms with van der Waals surface area (Å²) in [6.45, 7) is 0.917. The molecule has 1 aromatic heterocycles. The molecule has 2 amide bonds. The number of carbonyl (C=O) groups is 2. The third-order valence-corrected chi connectivity index (χ3v) is 5.23. The van der Waals surface area contributed by atoms with Gasteiger partial charge in [0, 0.05) is 11.6 Å². The number of nitrogens with zero attached hydrogens (tertiary/aromatic N) is 3. The summed E-state index contributed by atoms with van der Waals surface area (Å²) < 4.78 is 15.7. The lowest BCUT2D eigenvalue weighted by atomic mass is 10.1. The van der Waals surface area contributed by atoms with Crippen molar-refractivity contribution in [3.8, 4) is 0 Å². The minimum absolute atomic E-state index is 0.000544. The van der Waals surface area contributed by atoms with Gasteiger partial charge in [-0.3, -0.25) is 14.3 Å². The fourth-order valence-corrected chi connectivity index (χ4v) is 3.65. The van der Waals surface area contributed by atoms with Gasteiger partial charge < -0.3 is 10.2 Å². The second kappa shape index (κ2) is 7.85. The van der Waals surface area contributed by atoms with Crippen molar-refractivity contribution in [2.24, 2.45) is 0 Å². The van der Waals surface area contributed by atoms with E-state index in [9.17, 15) is 14.0 Å². The molecule has 6 nitrogen and oxygen atoms in total. The summed E-state index contributed by atoms with van der Waals surface area (Å²) >= 11 is 12.0. The Kier molecular flexibility index (Phi) is 5.25. The standard InChI is InChI=1S/C20H15Cl2FN4O2/c21-12-5-6-17(15(22)9-12)25-19(28)14-10-24-27-8-7-26(11-18(14)27)20(29)13-3-1-2-4-16(13)23/h1-6,9-10H,7-8,11H2,(H,25,28). The van der Waals surface area contributed by atoms with Crippen molar-refractivity contribution in [3.63, 3.8) is 0 Å². The Hall–Kier alpha value is -2.90. The molecule has 0 fully saturated rings. The molecule has 0 aliphatic carbocycles. The van der Waals surface area contributed by atoms with Crippen LogP contribution in [0.4, 0.5) is 10.1 Å². The van der Waals surface area contributed by atoms with E-state index < -0.39 is 17.6 Å². The molecule has 9 heteroatoms. The van der Waals surface area contributed by atoms with Crippen LogP contribution in [0.2, 0.25) is 10.0 Å². The van der Waals surface area contributed by atoms with Gasteiger partial charge in [-0.1, -0.05) is 35.3 Å². The van der Waals surface area contributed by atoms with Gasteiger partial charge in [-0.15, -0.1) is 0 Å². The maximum atomic E-state index is 14.0. The molecule has 0 radical (unpaired) electrons. The van der Waals surface area contributed by atoms with E-state index in [0.29, 0.717) is 40.1 Å². The number of aromatic nitrogens is 2. The van der Waals surface area contributed by atoms with Crippen molar-refractivity contribution in [2.75, 3.05) is 11.9 Å². The summed E-state index contributed by atoms with van der Waals surface area (Å²) in [7, 11) is 0. The molecule has 0 spiro atoms. The van der Waals surface area contributed by atoms with Crippen LogP contribution in [0, 0.1) is 5.82 Å². The monoisotopic (exact) mass is 432 g/mol. The van der Waals surface area contributed by atoms with E-state index in [1.54, 1.807) is 22.9 Å². The highest BCUT2D eigenvalue weighted by Crippen LogP contribution is 2.27. The molecule has 2 heterocycles. The Bertz CT molecular complexity index is 1120. The lowest BCUT2D eigenvalue weighted by Crippen LogP contribution is -2.39. The summed E-state index contributed by atoms with van der Waals surface area (Å²) in [6.07, 6.45) is 1.45. The third-order valence-electron chi connectivity index (χ3n) is 4.69. The van der Waals surface area contributed by atoms with Crippen molar-refractivity contribution < 1.29 is 14.0 Å². The van der Waals surface area contributed by atoms with Gasteiger partial charge in [-0.05, 0) is 30.3 Å². The normalized spacial score (nSPS) is 13.1. The Morgan fingerprint density at radius 1 is 1.07 bits per heavy atom. The number of carbonyl (C=O) groups excluding carboxylic acids is 2. The maximum Gasteiger partial charge on any atom is 0.259 e. The molecule has 1 aliphatic rings. The fourth-order valence-electron chi connectivity index (χ4n) is 3.19. The number of halogens is 3. The van der Waals surface area contributed by atoms with Crippen LogP contribution < -0.4 is 5.32 Å². The number of amides is 2. The van der Waals surface area contributed by atoms with Crippen LogP contribution in [0.1, 0.15) is 26.4 Å². The molecule has 3 aromatic rings. The zero-order valence-electron chi connectivity index (χ0n) is 15.0. The van der Waals surface area contributed by atoms with E-state index in [1.807, 2.05) is 0 Å². The summed E-state index contributed by atoms with van der Waals surface area (Å²) in [5.41, 5.74) is 1.31. The van der Waals surface area contributed by atoms with Gasteiger partial charge in [-0.2, -0.15) is 5.10 Å². The maximum absolute atomic E-state index is 14.0. The predicted molar refractivity (Wildman–Crippen MR) is 108 cm³/mol. The molecular formula is C20H15Cl2FN4O2. The van der Waals surface area contributed by atoms with Crippen LogP contribution in [0.3, 0.4) is 0 Å². The number of anilines is 1. The zero-order valence-corrected chi connectivity index (χ0v) is 16.5. The first-order chi connectivity index (χ1) is 13.9. The first-order valence-electron chi connectivity index (χ1n) is 8.79. The molecular weight excluding hydrogens is 418 g/mol. The molecule has 1 aliphatic heterocycles. The van der Waals surface area contributed by atoms with Crippen molar-refractivity contribution >= 4 is 40.7 Å². The molecule has 0 saturated carbocycles. The SMILES string of the molecule is O=C(Nc1ccc(Cl)cc1Cl)c1cnn2c1CN(C(=O)c1ccccc1F)CC2. The van der Waals surface area contributed by atoms with Crippen LogP contribution in [0.15, 0.2) is 48.7 Å². The van der Waals surface area contributed by atoms with E-state index in [4.69, 9.17) is 23.2 Å². The van der Waals surface area contributed by atoms with Crippen LogP contribution in [-0.4, -0.2) is 33.0 Å². The summed E-state index contributed by atoms with van der Waals surface area (Å²) in [5, 5.41) is 7.72. The van der Waals surface area contributed by atoms with Crippen molar-refractivity contribution in [1.29, 1.82) is 0 Å². The second-order valence-corrected chi connectivity index (χ2v) is 7.36. The number of rotatable bonds is 3. The lowest BCUT2D eigenvalue weighted by molar-refractivity contribution is 0.0698. The van der Waals surface area contributed by atoms with Gasteiger partial charge in [0.1, 0.15) is 5.82 Å². The van der Waals surface area contributed by atoms with Crippen LogP contribution in [-0.2, 0) is 13.1 Å². The number of nitrogens with one attached hydrogen (secondary N) is 1. The van der Waals surface area contributed by atoms with Crippen molar-refractivity contribution in [3.05, 3.63) is 81.3 Å². The van der Waals surface area contributed by atoms with Crippen LogP contribution in [0.5, 0.6) is 0 Å². The number of hydrogen-bond acceptors (Lipinski definition) is 3. The van der Waals surface area contributed by atoms with Gasteiger partial charge in [0.2, 0.25) is 0 Å². The first-order valence-corrected chi connectivity index (χ1v) is 9.54. The summed E-state index contributed by atoms with van der Waals surface area (Å²) in [6, 6.07) is 10.6. The first kappa shape index (κ1) is 19.4. The van der Waals surface area contributed by atoms with Gasteiger partial charge in [0.25, 0.3) is 11.8 Å². The van der Waals surface area contributed by atoms with Crippen LogP contribution >= 0.6 is 23.2 Å². The molecule has 0 bridgehead atoms. The lowest BCUT2D eigenvalue weighted by Gasteiger charge is -2.28. The number of fused-ring (bicyclic) bond motifs is 1. The minimum atomic E-state index is -0.577. The van der Waals surface area contributed by atoms with Gasteiger partial charge >= 0.3 is 0 Å². The van der Waals surface area contributed by atoms with Gasteiger partial charge in [0.05, 0.1) is 46.8 Å². The second-order valence-electron chi connectivity index (χ2n) is 6.51. The van der Waals surface area contributed by atoms with E-state index in [1.165, 1.54) is 35.4 Å². The van der Waals surface area contributed by atoms with Crippen molar-refractivity contribution in [2.45, 2.75) is 13.1 Å². The van der Waals surface area contributed by atoms with E-state index in [0.717, 1.165) is 0 Å². The average molecular weight is 433 g/mol. The van der Waals surface area contributed by atoms with E-state index in [2.05, 4.69) is 10.4 Å². The summed E-state index contributed by atoms with van der Waals surface area (Å²) in [5.74, 6) is -1.41. The molecule has 29 heavy (non-hydrogen) atoms. The quantitative estimate of drug-likeness (QED) is 0.672. The van der Waals surface area contributed by atoms with Gasteiger partial charge in [-0.25, -0.2) is 4.39 Å².